The summed E-state index contributed by atoms with van der Waals surface area (Å²) in [4.78, 5) is 9.61. The molecule has 0 aliphatic carbocycles. The van der Waals surface area contributed by atoms with Crippen LogP contribution in [0.15, 0.2) is 37.1 Å². The summed E-state index contributed by atoms with van der Waals surface area (Å²) in [5.74, 6) is 0. The van der Waals surface area contributed by atoms with Gasteiger partial charge in [-0.05, 0) is 19.9 Å². The summed E-state index contributed by atoms with van der Waals surface area (Å²) >= 11 is 0. The van der Waals surface area contributed by atoms with Crippen LogP contribution in [0.4, 0.5) is 0 Å². The van der Waals surface area contributed by atoms with Gasteiger partial charge < -0.3 is 0 Å². The van der Waals surface area contributed by atoms with Gasteiger partial charge in [0.25, 0.3) is 5.70 Å². The van der Waals surface area contributed by atoms with E-state index in [-0.39, 0.29) is 5.70 Å². The number of hydrogen-bond donors (Lipinski definition) is 0. The van der Waals surface area contributed by atoms with E-state index in [2.05, 4.69) is 19.7 Å². The van der Waals surface area contributed by atoms with E-state index in [1.54, 1.807) is 13.8 Å². The molecule has 0 saturated carbocycles. The zero-order valence-corrected chi connectivity index (χ0v) is 6.96. The molecule has 0 aliphatic rings. The Balaban J connectivity index is 0. The van der Waals surface area contributed by atoms with Crippen LogP contribution < -0.4 is 0 Å². The molecule has 0 rings (SSSR count). The van der Waals surface area contributed by atoms with E-state index >= 15 is 0 Å². The van der Waals surface area contributed by atoms with Crippen molar-refractivity contribution < 1.29 is 4.92 Å². The van der Waals surface area contributed by atoms with Crippen LogP contribution in [-0.2, 0) is 0 Å². The maximum atomic E-state index is 10.0. The third-order valence-electron chi connectivity index (χ3n) is 0.907. The minimum Gasteiger partial charge on any atom is -0.258 e. The van der Waals surface area contributed by atoms with Gasteiger partial charge in [-0.25, -0.2) is 0 Å². The molecule has 0 heterocycles. The summed E-state index contributed by atoms with van der Waals surface area (Å²) in [5, 5.41) is 10.0. The van der Waals surface area contributed by atoms with Crippen molar-refractivity contribution in [1.82, 2.24) is 0 Å². The maximum absolute atomic E-state index is 10.0. The van der Waals surface area contributed by atoms with Crippen LogP contribution in [0.25, 0.3) is 0 Å². The number of allylic oxidation sites excluding steroid dienone is 2. The van der Waals surface area contributed by atoms with Gasteiger partial charge in [0.05, 0.1) is 4.92 Å². The third-order valence-corrected chi connectivity index (χ3v) is 0.907. The zero-order chi connectivity index (χ0) is 9.44. The lowest BCUT2D eigenvalue weighted by Crippen LogP contribution is -1.97. The van der Waals surface area contributed by atoms with E-state index in [9.17, 15) is 10.1 Å². The quantitative estimate of drug-likeness (QED) is 0.266. The highest BCUT2D eigenvalue weighted by Crippen LogP contribution is 2.05. The Morgan fingerprint density at radius 3 is 1.91 bits per heavy atom. The second-order valence-electron chi connectivity index (χ2n) is 1.71. The fraction of sp³-hybridized carbons (Fsp3) is 0.250. The first-order valence-electron chi connectivity index (χ1n) is 3.06. The SMILES string of the molecule is C=C.C=C(C)/C(=C\C)[N+](=O)[O-]. The van der Waals surface area contributed by atoms with Crippen molar-refractivity contribution in [2.75, 3.05) is 0 Å². The third kappa shape index (κ3) is 5.08. The Labute approximate surface area is 66.9 Å². The highest BCUT2D eigenvalue weighted by Gasteiger charge is 2.07. The monoisotopic (exact) mass is 155 g/mol. The van der Waals surface area contributed by atoms with E-state index in [1.807, 2.05) is 0 Å². The molecule has 0 aromatic rings. The smallest absolute Gasteiger partial charge is 0.258 e. The Bertz CT molecular complexity index is 167. The molecule has 0 spiro atoms. The molecule has 0 saturated heterocycles. The first-order chi connectivity index (χ1) is 5.09. The lowest BCUT2D eigenvalue weighted by Gasteiger charge is -1.91. The summed E-state index contributed by atoms with van der Waals surface area (Å²) in [7, 11) is 0. The predicted octanol–water partition coefficient (Wildman–Crippen LogP) is 2.55. The molecule has 0 unspecified atom stereocenters. The van der Waals surface area contributed by atoms with E-state index < -0.39 is 4.92 Å². The lowest BCUT2D eigenvalue weighted by molar-refractivity contribution is -0.420. The summed E-state index contributed by atoms with van der Waals surface area (Å²) in [6.45, 7) is 12.7. The number of hydrogen-bond acceptors (Lipinski definition) is 2. The summed E-state index contributed by atoms with van der Waals surface area (Å²) < 4.78 is 0. The van der Waals surface area contributed by atoms with Crippen molar-refractivity contribution in [1.29, 1.82) is 0 Å². The maximum Gasteiger partial charge on any atom is 0.267 e. The van der Waals surface area contributed by atoms with Crippen LogP contribution in [0.3, 0.4) is 0 Å². The van der Waals surface area contributed by atoms with E-state index in [0.717, 1.165) is 0 Å². The summed E-state index contributed by atoms with van der Waals surface area (Å²) in [6, 6.07) is 0. The Kier molecular flexibility index (Phi) is 7.54. The van der Waals surface area contributed by atoms with Gasteiger partial charge in [-0.2, -0.15) is 0 Å². The van der Waals surface area contributed by atoms with Crippen LogP contribution in [0, 0.1) is 10.1 Å². The number of rotatable bonds is 2. The van der Waals surface area contributed by atoms with Crippen molar-refractivity contribution >= 4 is 0 Å². The van der Waals surface area contributed by atoms with Gasteiger partial charge in [-0.3, -0.25) is 10.1 Å². The van der Waals surface area contributed by atoms with Crippen LogP contribution in [-0.4, -0.2) is 4.92 Å². The highest BCUT2D eigenvalue weighted by molar-refractivity contribution is 5.17. The summed E-state index contributed by atoms with van der Waals surface area (Å²) in [5.41, 5.74) is 0.581. The van der Waals surface area contributed by atoms with Gasteiger partial charge in [0.2, 0.25) is 0 Å². The van der Waals surface area contributed by atoms with Gasteiger partial charge >= 0.3 is 0 Å². The van der Waals surface area contributed by atoms with E-state index in [4.69, 9.17) is 0 Å². The summed E-state index contributed by atoms with van der Waals surface area (Å²) in [6.07, 6.45) is 1.43. The number of nitrogens with zero attached hydrogens (tertiary/aromatic N) is 1. The largest absolute Gasteiger partial charge is 0.267 e. The van der Waals surface area contributed by atoms with Crippen LogP contribution in [0.1, 0.15) is 13.8 Å². The van der Waals surface area contributed by atoms with Crippen LogP contribution in [0.5, 0.6) is 0 Å². The zero-order valence-electron chi connectivity index (χ0n) is 6.96. The molecule has 3 nitrogen and oxygen atoms in total. The second kappa shape index (κ2) is 6.74. The fourth-order valence-corrected chi connectivity index (χ4v) is 0.508. The normalized spacial score (nSPS) is 9.45. The molecule has 0 bridgehead atoms. The molecule has 11 heavy (non-hydrogen) atoms. The second-order valence-corrected chi connectivity index (χ2v) is 1.71. The van der Waals surface area contributed by atoms with Crippen LogP contribution >= 0.6 is 0 Å². The molecular weight excluding hydrogens is 142 g/mol. The average molecular weight is 155 g/mol. The molecule has 0 N–H and O–H groups in total. The minimum absolute atomic E-state index is 0.0926. The van der Waals surface area contributed by atoms with Crippen molar-refractivity contribution in [2.24, 2.45) is 0 Å². The first kappa shape index (κ1) is 12.3. The molecule has 0 aliphatic heterocycles. The van der Waals surface area contributed by atoms with Crippen molar-refractivity contribution in [3.63, 3.8) is 0 Å². The van der Waals surface area contributed by atoms with Crippen molar-refractivity contribution in [3.8, 4) is 0 Å². The molecule has 0 radical (unpaired) electrons. The molecule has 62 valence electrons. The Morgan fingerprint density at radius 1 is 1.55 bits per heavy atom. The standard InChI is InChI=1S/C6H9NO2.C2H4/c1-4-6(5(2)3)7(8)9;1-2/h4H,2H2,1,3H3;1-2H2/b6-4+;. The van der Waals surface area contributed by atoms with Crippen molar-refractivity contribution in [2.45, 2.75) is 13.8 Å². The molecular formula is C8H13NO2. The van der Waals surface area contributed by atoms with Crippen LogP contribution in [0.2, 0.25) is 0 Å². The lowest BCUT2D eigenvalue weighted by atomic mass is 10.2. The Hall–Kier alpha value is -1.38. The van der Waals surface area contributed by atoms with Crippen molar-refractivity contribution in [3.05, 3.63) is 47.2 Å². The van der Waals surface area contributed by atoms with Gasteiger partial charge in [-0.15, -0.1) is 13.2 Å². The Morgan fingerprint density at radius 2 is 1.91 bits per heavy atom. The van der Waals surface area contributed by atoms with Gasteiger partial charge in [0.1, 0.15) is 0 Å². The predicted molar refractivity (Wildman–Crippen MR) is 46.8 cm³/mol. The molecule has 0 amide bonds. The number of nitro groups is 1. The van der Waals surface area contributed by atoms with E-state index in [0.29, 0.717) is 5.57 Å². The van der Waals surface area contributed by atoms with E-state index in [1.165, 1.54) is 6.08 Å². The molecule has 3 heteroatoms. The first-order valence-corrected chi connectivity index (χ1v) is 3.06. The fourth-order valence-electron chi connectivity index (χ4n) is 0.508. The van der Waals surface area contributed by atoms with Gasteiger partial charge in [0.15, 0.2) is 0 Å². The van der Waals surface area contributed by atoms with Gasteiger partial charge in [0, 0.05) is 5.57 Å². The molecule has 0 atom stereocenters. The average Bonchev–Trinajstić information content (AvgIpc) is 1.91. The minimum atomic E-state index is -0.442. The topological polar surface area (TPSA) is 43.1 Å². The van der Waals surface area contributed by atoms with Gasteiger partial charge in [-0.1, -0.05) is 6.58 Å². The molecule has 0 aromatic carbocycles. The molecule has 0 aromatic heterocycles. The highest BCUT2D eigenvalue weighted by atomic mass is 16.6. The molecule has 0 fully saturated rings.